The van der Waals surface area contributed by atoms with E-state index in [2.05, 4.69) is 6.58 Å². The van der Waals surface area contributed by atoms with E-state index < -0.39 is 74.0 Å². The Morgan fingerprint density at radius 1 is 0.463 bits per heavy atom. The van der Waals surface area contributed by atoms with E-state index in [1.807, 2.05) is 133 Å². The van der Waals surface area contributed by atoms with Crippen LogP contribution in [0.4, 0.5) is 0 Å². The summed E-state index contributed by atoms with van der Waals surface area (Å²) in [5.41, 5.74) is 4.44. The Labute approximate surface area is 391 Å². The molecule has 0 spiro atoms. The number of ether oxygens (including phenoxy) is 14. The number of benzene rings is 5. The third-order valence-electron chi connectivity index (χ3n) is 12.2. The summed E-state index contributed by atoms with van der Waals surface area (Å²) in [7, 11) is 4.91. The molecule has 4 heterocycles. The molecule has 2 unspecified atom stereocenters. The highest BCUT2D eigenvalue weighted by atomic mass is 16.8. The van der Waals surface area contributed by atoms with Crippen LogP contribution in [-0.2, 0) is 71.9 Å². The number of fused-ring (bicyclic) bond motifs is 2. The first-order valence-electron chi connectivity index (χ1n) is 22.6. The van der Waals surface area contributed by atoms with Crippen LogP contribution in [0, 0.1) is 0 Å². The van der Waals surface area contributed by atoms with Gasteiger partial charge in [0.1, 0.15) is 66.1 Å². The fourth-order valence-corrected chi connectivity index (χ4v) is 8.66. The van der Waals surface area contributed by atoms with Gasteiger partial charge in [0.2, 0.25) is 0 Å². The molecule has 0 amide bonds. The van der Waals surface area contributed by atoms with Crippen LogP contribution in [0.15, 0.2) is 146 Å². The van der Waals surface area contributed by atoms with Crippen molar-refractivity contribution in [3.63, 3.8) is 0 Å². The van der Waals surface area contributed by atoms with Crippen molar-refractivity contribution in [1.29, 1.82) is 0 Å². The van der Waals surface area contributed by atoms with E-state index in [0.717, 1.165) is 45.1 Å². The van der Waals surface area contributed by atoms with Crippen LogP contribution in [0.3, 0.4) is 0 Å². The molecule has 14 heteroatoms. The summed E-state index contributed by atoms with van der Waals surface area (Å²) in [6.07, 6.45) is -7.71. The number of hydrogen-bond donors (Lipinski definition) is 0. The van der Waals surface area contributed by atoms with Crippen LogP contribution in [0.25, 0.3) is 0 Å². The second kappa shape index (κ2) is 22.7. The Kier molecular flexibility index (Phi) is 15.9. The lowest BCUT2D eigenvalue weighted by molar-refractivity contribution is -0.412. The van der Waals surface area contributed by atoms with Gasteiger partial charge in [-0.05, 0) is 53.1 Å². The predicted molar refractivity (Wildman–Crippen MR) is 243 cm³/mol. The minimum atomic E-state index is -1.10. The maximum Gasteiger partial charge on any atom is 0.187 e. The Balaban J connectivity index is 1.08. The lowest BCUT2D eigenvalue weighted by Crippen LogP contribution is -2.67. The SMILES string of the molecule is C=CCO[C@H]1O[C@@H]2COC(c3ccccc3)O[C@H]2[C@H](OCc2ccc(OC)cc2)[C@@H]1O[C@@H]1O[C@@H]2COC(c3ccccc3)O[C@H]2[C@H](OCc2ccc(OC)cc2)[C@@H]1OCc1ccc(OC)cc1. The summed E-state index contributed by atoms with van der Waals surface area (Å²) in [5.74, 6) is 2.19. The molecule has 4 aliphatic heterocycles. The first kappa shape index (κ1) is 46.9. The minimum Gasteiger partial charge on any atom is -0.497 e. The van der Waals surface area contributed by atoms with E-state index in [0.29, 0.717) is 0 Å². The molecular formula is C53H58O14. The first-order valence-corrected chi connectivity index (χ1v) is 22.6. The average molecular weight is 919 g/mol. The largest absolute Gasteiger partial charge is 0.497 e. The van der Waals surface area contributed by atoms with Crippen LogP contribution < -0.4 is 14.2 Å². The number of methoxy groups -OCH3 is 3. The molecule has 9 rings (SSSR count). The van der Waals surface area contributed by atoms with Gasteiger partial charge < -0.3 is 66.3 Å². The zero-order valence-electron chi connectivity index (χ0n) is 37.9. The fourth-order valence-electron chi connectivity index (χ4n) is 8.66. The van der Waals surface area contributed by atoms with Gasteiger partial charge in [0, 0.05) is 11.1 Å². The maximum atomic E-state index is 7.26. The van der Waals surface area contributed by atoms with Gasteiger partial charge in [0.15, 0.2) is 25.2 Å². The zero-order chi connectivity index (χ0) is 46.0. The first-order chi connectivity index (χ1) is 33.0. The standard InChI is InChI=1S/C53H58O14/c1-5-28-57-52-49(47(59-30-35-18-24-40(55-3)25-19-35)45-42(63-52)32-61-51(66-45)38-14-10-7-11-15-38)67-53-48(60-31-36-20-26-41(56-4)27-21-36)46(58-29-34-16-22-39(54-2)23-17-34)44-43(64-53)33-62-50(65-44)37-12-8-6-9-13-37/h5-27,42-53H,1,28-33H2,2-4H3/t42-,43-,44-,45-,46+,47+,48+,49+,50?,51?,52+,53+/m1/s1. The smallest absolute Gasteiger partial charge is 0.187 e. The maximum absolute atomic E-state index is 7.26. The van der Waals surface area contributed by atoms with Gasteiger partial charge in [-0.15, -0.1) is 6.58 Å². The molecular weight excluding hydrogens is 861 g/mol. The van der Waals surface area contributed by atoms with Gasteiger partial charge in [0.25, 0.3) is 0 Å². The third kappa shape index (κ3) is 11.4. The monoisotopic (exact) mass is 918 g/mol. The highest BCUT2D eigenvalue weighted by Gasteiger charge is 2.57. The number of hydrogen-bond acceptors (Lipinski definition) is 14. The van der Waals surface area contributed by atoms with Crippen molar-refractivity contribution in [1.82, 2.24) is 0 Å². The topological polar surface area (TPSA) is 129 Å². The van der Waals surface area contributed by atoms with E-state index in [9.17, 15) is 0 Å². The summed E-state index contributed by atoms with van der Waals surface area (Å²) in [6.45, 7) is 5.06. The molecule has 4 aliphatic rings. The lowest BCUT2D eigenvalue weighted by atomic mass is 9.95. The van der Waals surface area contributed by atoms with E-state index in [1.54, 1.807) is 27.4 Å². The molecule has 5 aromatic rings. The van der Waals surface area contributed by atoms with Gasteiger partial charge in [0.05, 0.1) is 61.0 Å². The molecule has 0 aromatic heterocycles. The van der Waals surface area contributed by atoms with Gasteiger partial charge in [-0.3, -0.25) is 0 Å². The lowest BCUT2D eigenvalue weighted by Gasteiger charge is -2.52. The molecule has 0 aliphatic carbocycles. The predicted octanol–water partition coefficient (Wildman–Crippen LogP) is 8.03. The van der Waals surface area contributed by atoms with E-state index in [4.69, 9.17) is 66.3 Å². The van der Waals surface area contributed by atoms with Crippen LogP contribution in [0.2, 0.25) is 0 Å². The summed E-state index contributed by atoms with van der Waals surface area (Å²) in [5, 5.41) is 0. The van der Waals surface area contributed by atoms with Gasteiger partial charge >= 0.3 is 0 Å². The minimum absolute atomic E-state index is 0.158. The molecule has 67 heavy (non-hydrogen) atoms. The van der Waals surface area contributed by atoms with Gasteiger partial charge in [-0.1, -0.05) is 103 Å². The third-order valence-corrected chi connectivity index (χ3v) is 12.2. The van der Waals surface area contributed by atoms with Crippen LogP contribution in [-0.4, -0.2) is 103 Å². The van der Waals surface area contributed by atoms with Crippen molar-refractivity contribution in [3.8, 4) is 17.2 Å². The van der Waals surface area contributed by atoms with Crippen LogP contribution in [0.5, 0.6) is 17.2 Å². The fraction of sp³-hybridized carbons (Fsp3) is 0.396. The second-order valence-corrected chi connectivity index (χ2v) is 16.5. The summed E-state index contributed by atoms with van der Waals surface area (Å²) < 4.78 is 90.7. The van der Waals surface area contributed by atoms with Crippen molar-refractivity contribution in [2.75, 3.05) is 41.2 Å². The summed E-state index contributed by atoms with van der Waals surface area (Å²) in [6, 6.07) is 42.7. The van der Waals surface area contributed by atoms with Crippen molar-refractivity contribution >= 4 is 0 Å². The average Bonchev–Trinajstić information content (AvgIpc) is 3.39. The molecule has 0 N–H and O–H groups in total. The van der Waals surface area contributed by atoms with Crippen molar-refractivity contribution in [3.05, 3.63) is 174 Å². The highest BCUT2D eigenvalue weighted by Crippen LogP contribution is 2.42. The van der Waals surface area contributed by atoms with E-state index in [1.165, 1.54) is 0 Å². The Morgan fingerprint density at radius 3 is 1.28 bits per heavy atom. The van der Waals surface area contributed by atoms with E-state index in [-0.39, 0.29) is 39.6 Å². The van der Waals surface area contributed by atoms with Gasteiger partial charge in [-0.2, -0.15) is 0 Å². The highest BCUT2D eigenvalue weighted by molar-refractivity contribution is 5.29. The van der Waals surface area contributed by atoms with Crippen molar-refractivity contribution in [2.45, 2.75) is 93.8 Å². The molecule has 14 nitrogen and oxygen atoms in total. The molecule has 4 fully saturated rings. The zero-order valence-corrected chi connectivity index (χ0v) is 37.9. The quantitative estimate of drug-likeness (QED) is 0.0742. The Hall–Kier alpha value is -5.20. The molecule has 354 valence electrons. The molecule has 4 saturated heterocycles. The Morgan fingerprint density at radius 2 is 0.866 bits per heavy atom. The Bertz CT molecular complexity index is 2260. The summed E-state index contributed by atoms with van der Waals surface area (Å²) in [4.78, 5) is 0. The molecule has 0 radical (unpaired) electrons. The van der Waals surface area contributed by atoms with Crippen molar-refractivity contribution < 1.29 is 66.3 Å². The van der Waals surface area contributed by atoms with Crippen LogP contribution in [0.1, 0.15) is 40.4 Å². The van der Waals surface area contributed by atoms with Crippen LogP contribution >= 0.6 is 0 Å². The van der Waals surface area contributed by atoms with E-state index >= 15 is 0 Å². The number of rotatable bonds is 19. The second-order valence-electron chi connectivity index (χ2n) is 16.5. The summed E-state index contributed by atoms with van der Waals surface area (Å²) >= 11 is 0. The van der Waals surface area contributed by atoms with Crippen molar-refractivity contribution in [2.24, 2.45) is 0 Å². The molecule has 0 bridgehead atoms. The van der Waals surface area contributed by atoms with Gasteiger partial charge in [-0.25, -0.2) is 0 Å². The normalized spacial score (nSPS) is 29.2. The molecule has 0 saturated carbocycles. The molecule has 5 aromatic carbocycles. The molecule has 12 atom stereocenters.